The molecule has 4 heteroatoms. The Labute approximate surface area is 101 Å². The van der Waals surface area contributed by atoms with Crippen LogP contribution in [-0.2, 0) is 0 Å². The van der Waals surface area contributed by atoms with Gasteiger partial charge in [0.25, 0.3) is 0 Å². The van der Waals surface area contributed by atoms with Gasteiger partial charge in [0.2, 0.25) is 0 Å². The Morgan fingerprint density at radius 1 is 1.41 bits per heavy atom. The monoisotopic (exact) mass is 231 g/mol. The van der Waals surface area contributed by atoms with Gasteiger partial charge in [-0.2, -0.15) is 5.26 Å². The lowest BCUT2D eigenvalue weighted by Gasteiger charge is -2.32. The molecule has 2 N–H and O–H groups in total. The number of hydrogen-bond donors (Lipinski definition) is 1. The van der Waals surface area contributed by atoms with Gasteiger partial charge in [0.1, 0.15) is 24.1 Å². The Balaban J connectivity index is 1.95. The van der Waals surface area contributed by atoms with E-state index in [0.29, 0.717) is 18.1 Å². The summed E-state index contributed by atoms with van der Waals surface area (Å²) in [6.07, 6.45) is 7.25. The topological polar surface area (TPSA) is 71.9 Å². The largest absolute Gasteiger partial charge is 0.492 e. The molecule has 1 aliphatic rings. The maximum Gasteiger partial charge on any atom is 0.144 e. The molecule has 1 aliphatic carbocycles. The molecule has 0 saturated heterocycles. The summed E-state index contributed by atoms with van der Waals surface area (Å²) < 4.78 is 5.67. The number of hydrogen-bond acceptors (Lipinski definition) is 4. The minimum atomic E-state index is -0.200. The van der Waals surface area contributed by atoms with Crippen molar-refractivity contribution in [3.63, 3.8) is 0 Å². The molecular formula is C13H17N3O. The first-order chi connectivity index (χ1) is 8.22. The third-order valence-corrected chi connectivity index (χ3v) is 3.22. The molecule has 1 aromatic rings. The van der Waals surface area contributed by atoms with Crippen LogP contribution in [-0.4, -0.2) is 17.1 Å². The first-order valence-corrected chi connectivity index (χ1v) is 6.00. The lowest BCUT2D eigenvalue weighted by Crippen LogP contribution is -2.47. The number of nitrogens with zero attached hydrogens (tertiary/aromatic N) is 2. The van der Waals surface area contributed by atoms with Gasteiger partial charge in [0.15, 0.2) is 0 Å². The van der Waals surface area contributed by atoms with Crippen LogP contribution in [0.4, 0.5) is 0 Å². The lowest BCUT2D eigenvalue weighted by molar-refractivity contribution is 0.173. The second-order valence-corrected chi connectivity index (χ2v) is 4.70. The van der Waals surface area contributed by atoms with Crippen LogP contribution in [0.15, 0.2) is 18.3 Å². The molecule has 0 bridgehead atoms. The van der Waals surface area contributed by atoms with Crippen molar-refractivity contribution in [2.45, 2.75) is 37.6 Å². The van der Waals surface area contributed by atoms with Crippen LogP contribution in [0, 0.1) is 11.3 Å². The summed E-state index contributed by atoms with van der Waals surface area (Å²) in [5.74, 6) is 0.673. The van der Waals surface area contributed by atoms with Crippen molar-refractivity contribution >= 4 is 0 Å². The van der Waals surface area contributed by atoms with Gasteiger partial charge in [-0.3, -0.25) is 0 Å². The number of aromatic nitrogens is 1. The van der Waals surface area contributed by atoms with Gasteiger partial charge in [-0.25, -0.2) is 4.98 Å². The molecule has 0 aromatic carbocycles. The van der Waals surface area contributed by atoms with E-state index in [0.717, 1.165) is 12.8 Å². The van der Waals surface area contributed by atoms with Crippen molar-refractivity contribution in [3.8, 4) is 11.8 Å². The molecule has 1 heterocycles. The van der Waals surface area contributed by atoms with E-state index in [4.69, 9.17) is 15.7 Å². The number of ether oxygens (including phenoxy) is 1. The Kier molecular flexibility index (Phi) is 3.60. The van der Waals surface area contributed by atoms with Crippen molar-refractivity contribution in [2.75, 3.05) is 6.61 Å². The van der Waals surface area contributed by atoms with Crippen molar-refractivity contribution in [1.29, 1.82) is 5.26 Å². The van der Waals surface area contributed by atoms with Crippen molar-refractivity contribution < 1.29 is 4.74 Å². The number of pyridine rings is 1. The summed E-state index contributed by atoms with van der Waals surface area (Å²) in [7, 11) is 0. The molecule has 2 rings (SSSR count). The van der Waals surface area contributed by atoms with Crippen LogP contribution in [0.5, 0.6) is 5.75 Å². The zero-order valence-corrected chi connectivity index (χ0v) is 9.85. The Bertz CT molecular complexity index is 419. The molecule has 1 aromatic heterocycles. The van der Waals surface area contributed by atoms with Crippen LogP contribution < -0.4 is 10.5 Å². The summed E-state index contributed by atoms with van der Waals surface area (Å²) in [6.45, 7) is 0.516. The van der Waals surface area contributed by atoms with E-state index < -0.39 is 0 Å². The molecule has 0 aliphatic heterocycles. The summed E-state index contributed by atoms with van der Waals surface area (Å²) in [6, 6.07) is 5.39. The van der Waals surface area contributed by atoms with Gasteiger partial charge >= 0.3 is 0 Å². The van der Waals surface area contributed by atoms with Crippen molar-refractivity contribution in [3.05, 3.63) is 24.0 Å². The highest BCUT2D eigenvalue weighted by atomic mass is 16.5. The van der Waals surface area contributed by atoms with Crippen LogP contribution in [0.1, 0.15) is 37.8 Å². The van der Waals surface area contributed by atoms with Crippen LogP contribution >= 0.6 is 0 Å². The van der Waals surface area contributed by atoms with Gasteiger partial charge < -0.3 is 10.5 Å². The standard InChI is InChI=1S/C13H17N3O/c14-9-11-8-12(4-7-16-11)17-10-13(15)5-2-1-3-6-13/h4,7-8H,1-3,5-6,10,15H2. The first-order valence-electron chi connectivity index (χ1n) is 6.00. The molecule has 0 spiro atoms. The summed E-state index contributed by atoms with van der Waals surface area (Å²) >= 11 is 0. The van der Waals surface area contributed by atoms with Gasteiger partial charge in [-0.1, -0.05) is 19.3 Å². The van der Waals surface area contributed by atoms with Crippen LogP contribution in [0.2, 0.25) is 0 Å². The third kappa shape index (κ3) is 3.18. The summed E-state index contributed by atoms with van der Waals surface area (Å²) in [5.41, 5.74) is 6.44. The number of rotatable bonds is 3. The minimum Gasteiger partial charge on any atom is -0.492 e. The number of nitrogens with two attached hydrogens (primary N) is 1. The smallest absolute Gasteiger partial charge is 0.144 e. The summed E-state index contributed by atoms with van der Waals surface area (Å²) in [5, 5.41) is 8.74. The maximum absolute atomic E-state index is 8.74. The second kappa shape index (κ2) is 5.15. The lowest BCUT2D eigenvalue weighted by atomic mass is 9.83. The predicted molar refractivity (Wildman–Crippen MR) is 64.5 cm³/mol. The SMILES string of the molecule is N#Cc1cc(OCC2(N)CCCCC2)ccn1. The van der Waals surface area contributed by atoms with Crippen molar-refractivity contribution in [1.82, 2.24) is 4.98 Å². The van der Waals surface area contributed by atoms with Gasteiger partial charge in [0.05, 0.1) is 5.54 Å². The second-order valence-electron chi connectivity index (χ2n) is 4.70. The van der Waals surface area contributed by atoms with Gasteiger partial charge in [0, 0.05) is 12.3 Å². The molecular weight excluding hydrogens is 214 g/mol. The maximum atomic E-state index is 8.74. The molecule has 1 fully saturated rings. The van der Waals surface area contributed by atoms with E-state index in [-0.39, 0.29) is 5.54 Å². The van der Waals surface area contributed by atoms with E-state index >= 15 is 0 Å². The average Bonchev–Trinajstić information content (AvgIpc) is 2.38. The quantitative estimate of drug-likeness (QED) is 0.863. The molecule has 4 nitrogen and oxygen atoms in total. The molecule has 0 atom stereocenters. The van der Waals surface area contributed by atoms with E-state index in [9.17, 15) is 0 Å². The highest BCUT2D eigenvalue weighted by Gasteiger charge is 2.28. The highest BCUT2D eigenvalue weighted by Crippen LogP contribution is 2.26. The van der Waals surface area contributed by atoms with Crippen LogP contribution in [0.25, 0.3) is 0 Å². The molecule has 1 saturated carbocycles. The van der Waals surface area contributed by atoms with E-state index in [1.54, 1.807) is 18.3 Å². The minimum absolute atomic E-state index is 0.200. The molecule has 17 heavy (non-hydrogen) atoms. The van der Waals surface area contributed by atoms with Crippen molar-refractivity contribution in [2.24, 2.45) is 5.73 Å². The Morgan fingerprint density at radius 3 is 2.88 bits per heavy atom. The Hall–Kier alpha value is -1.60. The van der Waals surface area contributed by atoms with E-state index in [1.807, 2.05) is 6.07 Å². The highest BCUT2D eigenvalue weighted by molar-refractivity contribution is 5.29. The molecule has 90 valence electrons. The normalized spacial score (nSPS) is 18.4. The van der Waals surface area contributed by atoms with E-state index in [1.165, 1.54) is 19.3 Å². The zero-order valence-electron chi connectivity index (χ0n) is 9.85. The number of nitriles is 1. The molecule has 0 amide bonds. The van der Waals surface area contributed by atoms with Gasteiger partial charge in [-0.05, 0) is 18.9 Å². The summed E-state index contributed by atoms with van der Waals surface area (Å²) in [4.78, 5) is 3.90. The van der Waals surface area contributed by atoms with Crippen LogP contribution in [0.3, 0.4) is 0 Å². The van der Waals surface area contributed by atoms with E-state index in [2.05, 4.69) is 4.98 Å². The molecule has 0 radical (unpaired) electrons. The average molecular weight is 231 g/mol. The predicted octanol–water partition coefficient (Wildman–Crippen LogP) is 1.99. The fourth-order valence-electron chi connectivity index (χ4n) is 2.19. The van der Waals surface area contributed by atoms with Gasteiger partial charge in [-0.15, -0.1) is 0 Å². The zero-order chi connectivity index (χ0) is 12.1. The Morgan fingerprint density at radius 2 is 2.18 bits per heavy atom. The first kappa shape index (κ1) is 11.9. The fraction of sp³-hybridized carbons (Fsp3) is 0.538. The fourth-order valence-corrected chi connectivity index (χ4v) is 2.19. The third-order valence-electron chi connectivity index (χ3n) is 3.22. The molecule has 0 unspecified atom stereocenters.